The number of halogens is 3. The molecule has 1 saturated carbocycles. The van der Waals surface area contributed by atoms with Gasteiger partial charge >= 0.3 is 12.3 Å². The average molecular weight is 545 g/mol. The average Bonchev–Trinajstić information content (AvgIpc) is 3.54. The highest BCUT2D eigenvalue weighted by Crippen LogP contribution is 2.57. The number of carbonyl (C=O) groups excluding carboxylic acids is 2. The minimum Gasteiger partial charge on any atom is -0.496 e. The van der Waals surface area contributed by atoms with E-state index in [-0.39, 0.29) is 18.8 Å². The van der Waals surface area contributed by atoms with E-state index in [1.165, 1.54) is 37.4 Å². The molecule has 1 aliphatic heterocycles. The number of benzene rings is 2. The van der Waals surface area contributed by atoms with Gasteiger partial charge < -0.3 is 14.2 Å². The fourth-order valence-electron chi connectivity index (χ4n) is 5.75. The van der Waals surface area contributed by atoms with Crippen molar-refractivity contribution in [3.05, 3.63) is 65.2 Å². The third kappa shape index (κ3) is 4.44. The van der Waals surface area contributed by atoms with Crippen LogP contribution in [0.3, 0.4) is 0 Å². The quantitative estimate of drug-likeness (QED) is 0.418. The summed E-state index contributed by atoms with van der Waals surface area (Å²) in [5, 5.41) is 1.71. The van der Waals surface area contributed by atoms with Crippen molar-refractivity contribution in [2.45, 2.75) is 50.8 Å². The number of nitrogens with zero attached hydrogens (tertiary/aromatic N) is 2. The number of carbonyl (C=O) groups is 2. The molecule has 2 aromatic rings. The fourth-order valence-corrected chi connectivity index (χ4v) is 5.75. The minimum absolute atomic E-state index is 0.0738. The number of hydrogen-bond donors (Lipinski definition) is 0. The highest BCUT2D eigenvalue weighted by atomic mass is 19.4. The number of cyclic esters (lactones) is 1. The van der Waals surface area contributed by atoms with Gasteiger partial charge in [0, 0.05) is 23.8 Å². The van der Waals surface area contributed by atoms with E-state index in [0.29, 0.717) is 28.7 Å². The Hall–Kier alpha value is -3.53. The fraction of sp³-hybridized carbons (Fsp3) is 0.448. The lowest BCUT2D eigenvalue weighted by Gasteiger charge is -2.41. The zero-order chi connectivity index (χ0) is 28.0. The first-order valence-electron chi connectivity index (χ1n) is 12.9. The van der Waals surface area contributed by atoms with Gasteiger partial charge in [0.1, 0.15) is 12.4 Å². The third-order valence-corrected chi connectivity index (χ3v) is 8.19. The number of anilines is 1. The number of allylic oxidation sites excluding steroid dienone is 2. The van der Waals surface area contributed by atoms with Gasteiger partial charge in [-0.05, 0) is 62.1 Å². The van der Waals surface area contributed by atoms with E-state index in [2.05, 4.69) is 6.08 Å². The van der Waals surface area contributed by atoms with Crippen molar-refractivity contribution in [3.63, 3.8) is 0 Å². The zero-order valence-corrected chi connectivity index (χ0v) is 22.1. The summed E-state index contributed by atoms with van der Waals surface area (Å²) in [6.45, 7) is 1.62. The van der Waals surface area contributed by atoms with Crippen molar-refractivity contribution in [2.75, 3.05) is 32.4 Å². The highest BCUT2D eigenvalue weighted by molar-refractivity contribution is 6.04. The lowest BCUT2D eigenvalue weighted by atomic mass is 9.82. The van der Waals surface area contributed by atoms with Crippen LogP contribution in [0, 0.1) is 12.3 Å². The van der Waals surface area contributed by atoms with E-state index in [0.717, 1.165) is 48.4 Å². The number of alkyl halides is 3. The molecular weight excluding hydrogens is 513 g/mol. The molecule has 2 aliphatic carbocycles. The topological polar surface area (TPSA) is 68.3 Å². The number of methoxy groups -OCH3 is 2. The molecule has 0 radical (unpaired) electrons. The second-order valence-electron chi connectivity index (χ2n) is 10.3. The molecule has 7 nitrogen and oxygen atoms in total. The normalized spacial score (nSPS) is 19.8. The van der Waals surface area contributed by atoms with Crippen LogP contribution in [0.1, 0.15) is 48.8 Å². The van der Waals surface area contributed by atoms with Crippen LogP contribution in [0.25, 0.3) is 5.57 Å². The zero-order valence-electron chi connectivity index (χ0n) is 22.1. The Labute approximate surface area is 225 Å². The van der Waals surface area contributed by atoms with Crippen LogP contribution in [-0.2, 0) is 19.9 Å². The number of hydrogen-bond acceptors (Lipinski definition) is 5. The van der Waals surface area contributed by atoms with Gasteiger partial charge in [0.05, 0.1) is 19.3 Å². The molecule has 208 valence electrons. The minimum atomic E-state index is -5.16. The summed E-state index contributed by atoms with van der Waals surface area (Å²) in [5.41, 5.74) is -1.22. The van der Waals surface area contributed by atoms with E-state index in [9.17, 15) is 22.8 Å². The Morgan fingerprint density at radius 2 is 1.79 bits per heavy atom. The maximum absolute atomic E-state index is 15.0. The van der Waals surface area contributed by atoms with E-state index in [4.69, 9.17) is 14.2 Å². The number of hydrazine groups is 1. The number of amides is 2. The Morgan fingerprint density at radius 1 is 1.08 bits per heavy atom. The summed E-state index contributed by atoms with van der Waals surface area (Å²) in [6, 6.07) is 9.84. The van der Waals surface area contributed by atoms with Crippen LogP contribution in [0.15, 0.2) is 48.5 Å². The molecule has 0 bridgehead atoms. The SMILES string of the molecule is COc1ccc(N(C(=O)C(OC)(c2ccccc2)C(F)(F)F)N2CCOC2=O)c(C2=CCC3(CC2)CC3)c1C. The molecule has 0 aromatic heterocycles. The molecule has 39 heavy (non-hydrogen) atoms. The van der Waals surface area contributed by atoms with E-state index in [1.807, 2.05) is 0 Å². The molecule has 2 aromatic carbocycles. The monoisotopic (exact) mass is 544 g/mol. The maximum atomic E-state index is 15.0. The molecule has 5 rings (SSSR count). The van der Waals surface area contributed by atoms with Gasteiger partial charge in [-0.1, -0.05) is 36.4 Å². The van der Waals surface area contributed by atoms with Gasteiger partial charge in [0.2, 0.25) is 0 Å². The molecular formula is C29H31F3N2O5. The smallest absolute Gasteiger partial charge is 0.431 e. The Kier molecular flexibility index (Phi) is 6.86. The van der Waals surface area contributed by atoms with Crippen molar-refractivity contribution in [1.82, 2.24) is 5.01 Å². The lowest BCUT2D eigenvalue weighted by molar-refractivity contribution is -0.265. The summed E-state index contributed by atoms with van der Waals surface area (Å²) >= 11 is 0. The standard InChI is InChI=1S/C29H31F3N2O5/c1-19-23(37-2)10-9-22(24(19)20-11-13-27(14-12-20)15-16-27)34(33-17-18-39-26(33)36)25(35)28(38-3,29(30,31)32)21-7-5-4-6-8-21/h4-11H,12-18H2,1-3H3. The summed E-state index contributed by atoms with van der Waals surface area (Å²) in [4.78, 5) is 27.2. The van der Waals surface area contributed by atoms with Gasteiger partial charge in [-0.25, -0.2) is 14.8 Å². The molecule has 1 heterocycles. The van der Waals surface area contributed by atoms with Gasteiger partial charge in [-0.2, -0.15) is 13.2 Å². The van der Waals surface area contributed by atoms with Crippen molar-refractivity contribution < 1.29 is 37.0 Å². The largest absolute Gasteiger partial charge is 0.496 e. The number of ether oxygens (including phenoxy) is 3. The molecule has 0 N–H and O–H groups in total. The first kappa shape index (κ1) is 27.1. The van der Waals surface area contributed by atoms with Crippen LogP contribution in [0.5, 0.6) is 5.75 Å². The maximum Gasteiger partial charge on any atom is 0.431 e. The van der Waals surface area contributed by atoms with Crippen LogP contribution < -0.4 is 9.75 Å². The molecule has 1 atom stereocenters. The third-order valence-electron chi connectivity index (χ3n) is 8.19. The Bertz CT molecular complexity index is 1310. The van der Waals surface area contributed by atoms with Crippen molar-refractivity contribution in [1.29, 1.82) is 0 Å². The van der Waals surface area contributed by atoms with E-state index >= 15 is 0 Å². The van der Waals surface area contributed by atoms with Crippen LogP contribution in [-0.4, -0.2) is 50.6 Å². The lowest BCUT2D eigenvalue weighted by Crippen LogP contribution is -2.61. The highest BCUT2D eigenvalue weighted by Gasteiger charge is 2.65. The molecule has 2 fully saturated rings. The predicted octanol–water partition coefficient (Wildman–Crippen LogP) is 6.16. The van der Waals surface area contributed by atoms with Gasteiger partial charge in [0.15, 0.2) is 0 Å². The van der Waals surface area contributed by atoms with Crippen molar-refractivity contribution in [3.8, 4) is 5.75 Å². The van der Waals surface area contributed by atoms with E-state index < -0.39 is 29.3 Å². The second kappa shape index (κ2) is 9.89. The van der Waals surface area contributed by atoms with Crippen LogP contribution >= 0.6 is 0 Å². The second-order valence-corrected chi connectivity index (χ2v) is 10.3. The molecule has 1 saturated heterocycles. The van der Waals surface area contributed by atoms with Gasteiger partial charge in [-0.15, -0.1) is 0 Å². The number of rotatable bonds is 7. The van der Waals surface area contributed by atoms with Gasteiger partial charge in [-0.3, -0.25) is 4.79 Å². The summed E-state index contributed by atoms with van der Waals surface area (Å²) in [7, 11) is 2.35. The predicted molar refractivity (Wildman–Crippen MR) is 138 cm³/mol. The molecule has 2 amide bonds. The Morgan fingerprint density at radius 3 is 2.31 bits per heavy atom. The molecule has 1 unspecified atom stereocenters. The van der Waals surface area contributed by atoms with Crippen LogP contribution in [0.2, 0.25) is 0 Å². The van der Waals surface area contributed by atoms with Crippen molar-refractivity contribution in [2.24, 2.45) is 5.41 Å². The van der Waals surface area contributed by atoms with Gasteiger partial charge in [0.25, 0.3) is 11.5 Å². The van der Waals surface area contributed by atoms with Crippen molar-refractivity contribution >= 4 is 23.3 Å². The van der Waals surface area contributed by atoms with E-state index in [1.54, 1.807) is 19.1 Å². The summed E-state index contributed by atoms with van der Waals surface area (Å²) < 4.78 is 60.7. The first-order chi connectivity index (χ1) is 18.6. The summed E-state index contributed by atoms with van der Waals surface area (Å²) in [5.74, 6) is -0.946. The Balaban J connectivity index is 1.74. The molecule has 1 spiro atoms. The van der Waals surface area contributed by atoms with Crippen LogP contribution in [0.4, 0.5) is 23.7 Å². The molecule has 10 heteroatoms. The summed E-state index contributed by atoms with van der Waals surface area (Å²) in [6.07, 6.45) is 0.839. The molecule has 3 aliphatic rings. The first-order valence-corrected chi connectivity index (χ1v) is 12.9.